The molecule has 1 amide bonds. The van der Waals surface area contributed by atoms with Gasteiger partial charge in [0.05, 0.1) is 17.7 Å². The smallest absolute Gasteiger partial charge is 0.300 e. The summed E-state index contributed by atoms with van der Waals surface area (Å²) in [7, 11) is 0. The number of ketones is 1. The van der Waals surface area contributed by atoms with Gasteiger partial charge in [0.15, 0.2) is 0 Å². The maximum absolute atomic E-state index is 13.5. The summed E-state index contributed by atoms with van der Waals surface area (Å²) in [6, 6.07) is 17.7. The summed E-state index contributed by atoms with van der Waals surface area (Å²) < 4.78 is 11.7. The highest BCUT2D eigenvalue weighted by Gasteiger charge is 2.47. The Balaban J connectivity index is 1.70. The van der Waals surface area contributed by atoms with Gasteiger partial charge < -0.3 is 14.6 Å². The van der Waals surface area contributed by atoms with Crippen molar-refractivity contribution >= 4 is 23.1 Å². The zero-order valence-electron chi connectivity index (χ0n) is 21.7. The number of nitrogens with zero attached hydrogens (tertiary/aromatic N) is 1. The van der Waals surface area contributed by atoms with Crippen LogP contribution < -0.4 is 14.4 Å². The van der Waals surface area contributed by atoms with Crippen molar-refractivity contribution in [3.63, 3.8) is 0 Å². The molecule has 6 nitrogen and oxygen atoms in total. The molecule has 0 bridgehead atoms. The maximum Gasteiger partial charge on any atom is 0.300 e. The zero-order valence-corrected chi connectivity index (χ0v) is 21.7. The quantitative estimate of drug-likeness (QED) is 0.264. The van der Waals surface area contributed by atoms with Crippen LogP contribution in [0.3, 0.4) is 0 Å². The fraction of sp³-hybridized carbons (Fsp3) is 0.290. The van der Waals surface area contributed by atoms with Crippen molar-refractivity contribution in [2.24, 2.45) is 0 Å². The number of fused-ring (bicyclic) bond motifs is 1. The van der Waals surface area contributed by atoms with E-state index in [4.69, 9.17) is 9.47 Å². The number of anilines is 1. The number of hydrogen-bond donors (Lipinski definition) is 1. The molecule has 0 radical (unpaired) electrons. The SMILES string of the molecule is Cc1cc(C)cc(N2C(=O)C(=O)/C(=C(\O)c3ccc4c(c3)CC(C)O4)C2c2cccc(OC(C)C)c2)c1. The number of hydrogen-bond acceptors (Lipinski definition) is 5. The van der Waals surface area contributed by atoms with Gasteiger partial charge in [0.1, 0.15) is 23.4 Å². The van der Waals surface area contributed by atoms with E-state index in [2.05, 4.69) is 0 Å². The van der Waals surface area contributed by atoms with E-state index >= 15 is 0 Å². The van der Waals surface area contributed by atoms with Gasteiger partial charge in [-0.25, -0.2) is 0 Å². The van der Waals surface area contributed by atoms with Crippen LogP contribution in [-0.4, -0.2) is 29.0 Å². The van der Waals surface area contributed by atoms with Gasteiger partial charge in [-0.2, -0.15) is 0 Å². The molecule has 190 valence electrons. The van der Waals surface area contributed by atoms with Crippen molar-refractivity contribution < 1.29 is 24.2 Å². The van der Waals surface area contributed by atoms with Gasteiger partial charge in [-0.3, -0.25) is 14.5 Å². The standard InChI is InChI=1S/C31H31NO5/c1-17(2)36-25-8-6-7-21(16-25)28-27(29(33)22-9-10-26-23(15-22)14-20(5)37-26)30(34)31(35)32(28)24-12-18(3)11-19(4)13-24/h6-13,15-17,20,28,33H,14H2,1-5H3/b29-27-. The fourth-order valence-corrected chi connectivity index (χ4v) is 5.26. The second kappa shape index (κ2) is 9.43. The van der Waals surface area contributed by atoms with E-state index in [0.29, 0.717) is 29.0 Å². The molecule has 3 aromatic carbocycles. The largest absolute Gasteiger partial charge is 0.507 e. The lowest BCUT2D eigenvalue weighted by Gasteiger charge is -2.26. The Morgan fingerprint density at radius 1 is 1.03 bits per heavy atom. The van der Waals surface area contributed by atoms with Crippen LogP contribution in [0.25, 0.3) is 5.76 Å². The molecule has 1 saturated heterocycles. The molecule has 0 aliphatic carbocycles. The molecule has 0 spiro atoms. The first-order chi connectivity index (χ1) is 17.6. The number of ether oxygens (including phenoxy) is 2. The van der Waals surface area contributed by atoms with Gasteiger partial charge in [-0.15, -0.1) is 0 Å². The number of amides is 1. The van der Waals surface area contributed by atoms with Crippen LogP contribution in [0, 0.1) is 13.8 Å². The van der Waals surface area contributed by atoms with Crippen LogP contribution in [0.5, 0.6) is 11.5 Å². The van der Waals surface area contributed by atoms with Crippen molar-refractivity contribution in [1.29, 1.82) is 0 Å². The highest BCUT2D eigenvalue weighted by molar-refractivity contribution is 6.51. The van der Waals surface area contributed by atoms with Crippen LogP contribution in [0.1, 0.15) is 54.6 Å². The highest BCUT2D eigenvalue weighted by atomic mass is 16.5. The van der Waals surface area contributed by atoms with Crippen LogP contribution in [0.15, 0.2) is 66.2 Å². The average Bonchev–Trinajstić information content (AvgIpc) is 3.33. The van der Waals surface area contributed by atoms with Gasteiger partial charge in [-0.1, -0.05) is 18.2 Å². The topological polar surface area (TPSA) is 76.1 Å². The van der Waals surface area contributed by atoms with E-state index in [1.54, 1.807) is 12.1 Å². The Labute approximate surface area is 217 Å². The van der Waals surface area contributed by atoms with E-state index in [9.17, 15) is 14.7 Å². The number of benzene rings is 3. The molecule has 1 N–H and O–H groups in total. The van der Waals surface area contributed by atoms with Crippen molar-refractivity contribution in [2.45, 2.75) is 59.3 Å². The highest BCUT2D eigenvalue weighted by Crippen LogP contribution is 2.44. The first-order valence-electron chi connectivity index (χ1n) is 12.6. The summed E-state index contributed by atoms with van der Waals surface area (Å²) in [5.74, 6) is -0.198. The normalized spacial score (nSPS) is 20.3. The summed E-state index contributed by atoms with van der Waals surface area (Å²) in [6.45, 7) is 9.76. The summed E-state index contributed by atoms with van der Waals surface area (Å²) in [4.78, 5) is 28.6. The first kappa shape index (κ1) is 24.6. The number of aryl methyl sites for hydroxylation is 2. The van der Waals surface area contributed by atoms with Gasteiger partial charge >= 0.3 is 0 Å². The minimum atomic E-state index is -0.819. The Morgan fingerprint density at radius 2 is 1.76 bits per heavy atom. The molecule has 0 saturated carbocycles. The Kier molecular flexibility index (Phi) is 6.28. The minimum absolute atomic E-state index is 0.0444. The van der Waals surface area contributed by atoms with Crippen molar-refractivity contribution in [2.75, 3.05) is 4.90 Å². The molecule has 5 rings (SSSR count). The fourth-order valence-electron chi connectivity index (χ4n) is 5.26. The Bertz CT molecular complexity index is 1420. The second-order valence-corrected chi connectivity index (χ2v) is 10.2. The minimum Gasteiger partial charge on any atom is -0.507 e. The van der Waals surface area contributed by atoms with Crippen LogP contribution in [0.4, 0.5) is 5.69 Å². The van der Waals surface area contributed by atoms with Gasteiger partial charge in [-0.05, 0) is 99.3 Å². The van der Waals surface area contributed by atoms with Crippen LogP contribution >= 0.6 is 0 Å². The summed E-state index contributed by atoms with van der Waals surface area (Å²) in [5.41, 5.74) is 4.72. The van der Waals surface area contributed by atoms with E-state index in [1.165, 1.54) is 4.90 Å². The lowest BCUT2D eigenvalue weighted by molar-refractivity contribution is -0.132. The van der Waals surface area contributed by atoms with Crippen LogP contribution in [-0.2, 0) is 16.0 Å². The number of rotatable bonds is 5. The average molecular weight is 498 g/mol. The third-order valence-electron chi connectivity index (χ3n) is 6.64. The molecular weight excluding hydrogens is 466 g/mol. The number of aliphatic hydroxyl groups excluding tert-OH is 1. The molecule has 2 atom stereocenters. The summed E-state index contributed by atoms with van der Waals surface area (Å²) in [6.07, 6.45) is 0.717. The zero-order chi connectivity index (χ0) is 26.4. The molecule has 0 aromatic heterocycles. The monoisotopic (exact) mass is 497 g/mol. The molecule has 2 aliphatic heterocycles. The summed E-state index contributed by atoms with van der Waals surface area (Å²) >= 11 is 0. The van der Waals surface area contributed by atoms with E-state index in [0.717, 1.165) is 22.4 Å². The van der Waals surface area contributed by atoms with E-state index in [-0.39, 0.29) is 23.5 Å². The van der Waals surface area contributed by atoms with Gasteiger partial charge in [0.25, 0.3) is 11.7 Å². The second-order valence-electron chi connectivity index (χ2n) is 10.2. The molecule has 1 fully saturated rings. The van der Waals surface area contributed by atoms with Crippen molar-refractivity contribution in [3.05, 3.63) is 94.1 Å². The molecule has 2 heterocycles. The first-order valence-corrected chi connectivity index (χ1v) is 12.6. The third kappa shape index (κ3) is 4.59. The van der Waals surface area contributed by atoms with Gasteiger partial charge in [0.2, 0.25) is 0 Å². The molecule has 37 heavy (non-hydrogen) atoms. The van der Waals surface area contributed by atoms with Crippen molar-refractivity contribution in [1.82, 2.24) is 0 Å². The Hall–Kier alpha value is -4.06. The van der Waals surface area contributed by atoms with E-state index < -0.39 is 17.7 Å². The van der Waals surface area contributed by atoms with Crippen molar-refractivity contribution in [3.8, 4) is 11.5 Å². The van der Waals surface area contributed by atoms with E-state index in [1.807, 2.05) is 83.1 Å². The number of Topliss-reactive ketones (excluding diaryl/α,β-unsaturated/α-hetero) is 1. The maximum atomic E-state index is 13.5. The molecule has 3 aromatic rings. The third-order valence-corrected chi connectivity index (χ3v) is 6.64. The lowest BCUT2D eigenvalue weighted by atomic mass is 9.94. The molecule has 2 unspecified atom stereocenters. The molecule has 6 heteroatoms. The Morgan fingerprint density at radius 3 is 2.46 bits per heavy atom. The lowest BCUT2D eigenvalue weighted by Crippen LogP contribution is -2.29. The van der Waals surface area contributed by atoms with Gasteiger partial charge in [0, 0.05) is 17.7 Å². The predicted molar refractivity (Wildman–Crippen MR) is 143 cm³/mol. The number of carbonyl (C=O) groups is 2. The number of carbonyl (C=O) groups excluding carboxylic acids is 2. The predicted octanol–water partition coefficient (Wildman–Crippen LogP) is 6.04. The summed E-state index contributed by atoms with van der Waals surface area (Å²) in [5, 5.41) is 11.5. The number of aliphatic hydroxyl groups is 1. The molecule has 2 aliphatic rings. The molecular formula is C31H31NO5. The van der Waals surface area contributed by atoms with Crippen LogP contribution in [0.2, 0.25) is 0 Å².